The van der Waals surface area contributed by atoms with E-state index in [1.165, 1.54) is 20.8 Å². The van der Waals surface area contributed by atoms with Gasteiger partial charge in [0, 0.05) is 12.6 Å². The van der Waals surface area contributed by atoms with Crippen LogP contribution in [0.1, 0.15) is 27.2 Å². The smallest absolute Gasteiger partial charge is 0.391 e. The van der Waals surface area contributed by atoms with Gasteiger partial charge in [-0.3, -0.25) is 4.79 Å². The van der Waals surface area contributed by atoms with E-state index in [0.29, 0.717) is 0 Å². The van der Waals surface area contributed by atoms with Crippen LogP contribution >= 0.6 is 0 Å². The number of alkyl halides is 3. The van der Waals surface area contributed by atoms with Crippen molar-refractivity contribution in [1.82, 2.24) is 10.6 Å². The Morgan fingerprint density at radius 1 is 1.28 bits per heavy atom. The SMILES string of the molecule is CC(CC(F)(F)F)NC(=O)NCC(C)(C)C(=O)O. The molecule has 0 aromatic carbocycles. The van der Waals surface area contributed by atoms with Crippen molar-refractivity contribution in [2.75, 3.05) is 6.54 Å². The summed E-state index contributed by atoms with van der Waals surface area (Å²) >= 11 is 0. The van der Waals surface area contributed by atoms with Gasteiger partial charge >= 0.3 is 18.2 Å². The van der Waals surface area contributed by atoms with Gasteiger partial charge in [0.2, 0.25) is 0 Å². The molecule has 1 unspecified atom stereocenters. The maximum absolute atomic E-state index is 12.0. The summed E-state index contributed by atoms with van der Waals surface area (Å²) in [5, 5.41) is 13.1. The van der Waals surface area contributed by atoms with Gasteiger partial charge in [0.1, 0.15) is 0 Å². The van der Waals surface area contributed by atoms with Crippen LogP contribution in [0, 0.1) is 5.41 Å². The first-order chi connectivity index (χ1) is 7.94. The van der Waals surface area contributed by atoms with Crippen LogP contribution in [0.4, 0.5) is 18.0 Å². The van der Waals surface area contributed by atoms with Gasteiger partial charge in [-0.25, -0.2) is 4.79 Å². The Morgan fingerprint density at radius 2 is 1.78 bits per heavy atom. The zero-order valence-corrected chi connectivity index (χ0v) is 10.4. The lowest BCUT2D eigenvalue weighted by molar-refractivity contribution is -0.146. The van der Waals surface area contributed by atoms with Crippen molar-refractivity contribution in [1.29, 1.82) is 0 Å². The van der Waals surface area contributed by atoms with Gasteiger partial charge in [0.05, 0.1) is 11.8 Å². The second-order valence-electron chi connectivity index (χ2n) is 4.74. The second-order valence-corrected chi connectivity index (χ2v) is 4.74. The summed E-state index contributed by atoms with van der Waals surface area (Å²) in [7, 11) is 0. The van der Waals surface area contributed by atoms with E-state index in [-0.39, 0.29) is 6.54 Å². The van der Waals surface area contributed by atoms with Crippen molar-refractivity contribution in [3.8, 4) is 0 Å². The van der Waals surface area contributed by atoms with Crippen molar-refractivity contribution in [2.24, 2.45) is 5.41 Å². The largest absolute Gasteiger partial charge is 0.481 e. The molecule has 0 aromatic rings. The van der Waals surface area contributed by atoms with Crippen LogP contribution in [0.15, 0.2) is 0 Å². The number of hydrogen-bond donors (Lipinski definition) is 3. The molecule has 0 spiro atoms. The van der Waals surface area contributed by atoms with Crippen LogP contribution in [0.5, 0.6) is 0 Å². The predicted octanol–water partition coefficient (Wildman–Crippen LogP) is 1.74. The molecule has 0 saturated carbocycles. The van der Waals surface area contributed by atoms with Gasteiger partial charge in [0.25, 0.3) is 0 Å². The first kappa shape index (κ1) is 16.5. The molecule has 2 amide bonds. The number of carbonyl (C=O) groups is 2. The molecule has 0 aliphatic carbocycles. The predicted molar refractivity (Wildman–Crippen MR) is 58.1 cm³/mol. The van der Waals surface area contributed by atoms with E-state index in [9.17, 15) is 22.8 Å². The quantitative estimate of drug-likeness (QED) is 0.712. The summed E-state index contributed by atoms with van der Waals surface area (Å²) in [4.78, 5) is 21.9. The van der Waals surface area contributed by atoms with Crippen molar-refractivity contribution in [2.45, 2.75) is 39.4 Å². The van der Waals surface area contributed by atoms with Gasteiger partial charge in [-0.05, 0) is 20.8 Å². The first-order valence-corrected chi connectivity index (χ1v) is 5.28. The highest BCUT2D eigenvalue weighted by molar-refractivity contribution is 5.77. The van der Waals surface area contributed by atoms with Gasteiger partial charge in [0.15, 0.2) is 0 Å². The van der Waals surface area contributed by atoms with E-state index in [1.54, 1.807) is 0 Å². The third kappa shape index (κ3) is 6.97. The van der Waals surface area contributed by atoms with Crippen LogP contribution in [0.25, 0.3) is 0 Å². The number of carboxylic acids is 1. The average Bonchev–Trinajstić information content (AvgIpc) is 2.11. The highest BCUT2D eigenvalue weighted by atomic mass is 19.4. The van der Waals surface area contributed by atoms with Gasteiger partial charge < -0.3 is 15.7 Å². The maximum atomic E-state index is 12.0. The number of rotatable bonds is 5. The van der Waals surface area contributed by atoms with Crippen LogP contribution in [-0.2, 0) is 4.79 Å². The lowest BCUT2D eigenvalue weighted by Gasteiger charge is -2.21. The molecule has 0 rings (SSSR count). The Hall–Kier alpha value is -1.47. The Labute approximate surface area is 103 Å². The van der Waals surface area contributed by atoms with E-state index in [0.717, 1.165) is 0 Å². The Balaban J connectivity index is 4.10. The number of amides is 2. The van der Waals surface area contributed by atoms with E-state index >= 15 is 0 Å². The number of carboxylic acid groups (broad SMARTS) is 1. The molecule has 3 N–H and O–H groups in total. The van der Waals surface area contributed by atoms with E-state index in [1.807, 2.05) is 0 Å². The van der Waals surface area contributed by atoms with Crippen LogP contribution in [-0.4, -0.2) is 35.9 Å². The average molecular weight is 270 g/mol. The summed E-state index contributed by atoms with van der Waals surface area (Å²) in [6.45, 7) is 3.84. The summed E-state index contributed by atoms with van der Waals surface area (Å²) in [6.07, 6.45) is -5.49. The Kier molecular flexibility index (Phi) is 5.44. The van der Waals surface area contributed by atoms with Crippen LogP contribution < -0.4 is 10.6 Å². The normalized spacial score (nSPS) is 13.9. The molecule has 8 heteroatoms. The molecule has 0 saturated heterocycles. The van der Waals surface area contributed by atoms with Gasteiger partial charge in [-0.2, -0.15) is 13.2 Å². The molecular weight excluding hydrogens is 253 g/mol. The number of aliphatic carboxylic acids is 1. The van der Waals surface area contributed by atoms with E-state index in [4.69, 9.17) is 5.11 Å². The minimum Gasteiger partial charge on any atom is -0.481 e. The van der Waals surface area contributed by atoms with Crippen molar-refractivity contribution < 1.29 is 27.9 Å². The minimum absolute atomic E-state index is 0.174. The molecular formula is C10H17F3N2O3. The number of nitrogens with one attached hydrogen (secondary N) is 2. The number of urea groups is 1. The minimum atomic E-state index is -4.35. The molecule has 0 radical (unpaired) electrons. The summed E-state index contributed by atoms with van der Waals surface area (Å²) in [5.74, 6) is -1.11. The van der Waals surface area contributed by atoms with Gasteiger partial charge in [-0.1, -0.05) is 0 Å². The topological polar surface area (TPSA) is 78.4 Å². The standard InChI is InChI=1S/C10H17F3N2O3/c1-6(4-10(11,12)13)15-8(18)14-5-9(2,3)7(16)17/h6H,4-5H2,1-3H3,(H,16,17)(H2,14,15,18). The van der Waals surface area contributed by atoms with Crippen molar-refractivity contribution in [3.05, 3.63) is 0 Å². The molecule has 0 aliphatic rings. The van der Waals surface area contributed by atoms with Crippen molar-refractivity contribution >= 4 is 12.0 Å². The fourth-order valence-electron chi connectivity index (χ4n) is 1.05. The highest BCUT2D eigenvalue weighted by Crippen LogP contribution is 2.21. The Morgan fingerprint density at radius 3 is 2.17 bits per heavy atom. The van der Waals surface area contributed by atoms with Gasteiger partial charge in [-0.15, -0.1) is 0 Å². The lowest BCUT2D eigenvalue weighted by atomic mass is 9.94. The Bertz CT molecular complexity index is 316. The molecule has 18 heavy (non-hydrogen) atoms. The molecule has 1 atom stereocenters. The zero-order chi connectivity index (χ0) is 14.6. The first-order valence-electron chi connectivity index (χ1n) is 5.28. The molecule has 106 valence electrons. The number of halogens is 3. The highest BCUT2D eigenvalue weighted by Gasteiger charge is 2.31. The number of hydrogen-bond acceptors (Lipinski definition) is 2. The lowest BCUT2D eigenvalue weighted by Crippen LogP contribution is -2.46. The zero-order valence-electron chi connectivity index (χ0n) is 10.4. The molecule has 0 aromatic heterocycles. The van der Waals surface area contributed by atoms with E-state index < -0.39 is 36.1 Å². The molecule has 5 nitrogen and oxygen atoms in total. The summed E-state index contributed by atoms with van der Waals surface area (Å²) < 4.78 is 36.0. The fraction of sp³-hybridized carbons (Fsp3) is 0.800. The van der Waals surface area contributed by atoms with E-state index in [2.05, 4.69) is 10.6 Å². The maximum Gasteiger partial charge on any atom is 0.391 e. The summed E-state index contributed by atoms with van der Waals surface area (Å²) in [6, 6.07) is -1.89. The molecule has 0 aliphatic heterocycles. The van der Waals surface area contributed by atoms with Crippen LogP contribution in [0.3, 0.4) is 0 Å². The third-order valence-corrected chi connectivity index (χ3v) is 2.18. The second kappa shape index (κ2) is 5.92. The van der Waals surface area contributed by atoms with Crippen molar-refractivity contribution in [3.63, 3.8) is 0 Å². The fourth-order valence-corrected chi connectivity index (χ4v) is 1.05. The third-order valence-electron chi connectivity index (χ3n) is 2.18. The molecule has 0 bridgehead atoms. The molecule has 0 heterocycles. The summed E-state index contributed by atoms with van der Waals surface area (Å²) in [5.41, 5.74) is -1.18. The number of carbonyl (C=O) groups excluding carboxylic acids is 1. The monoisotopic (exact) mass is 270 g/mol. The molecule has 0 fully saturated rings. The van der Waals surface area contributed by atoms with Crippen LogP contribution in [0.2, 0.25) is 0 Å².